The average Bonchev–Trinajstić information content (AvgIpc) is 3.50. The second-order valence-electron chi connectivity index (χ2n) is 6.31. The molecule has 1 saturated carbocycles. The molecule has 27 heavy (non-hydrogen) atoms. The van der Waals surface area contributed by atoms with E-state index in [1.54, 1.807) is 23.1 Å². The number of benzene rings is 2. The third-order valence-electron chi connectivity index (χ3n) is 4.32. The minimum atomic E-state index is -3.71. The van der Waals surface area contributed by atoms with Gasteiger partial charge in [0.2, 0.25) is 10.0 Å². The van der Waals surface area contributed by atoms with E-state index in [0.717, 1.165) is 12.8 Å². The van der Waals surface area contributed by atoms with Crippen molar-refractivity contribution in [3.8, 4) is 12.3 Å². The topological polar surface area (TPSA) is 66.5 Å². The lowest BCUT2D eigenvalue weighted by atomic mass is 10.1. The third-order valence-corrected chi connectivity index (χ3v) is 5.74. The maximum absolute atomic E-state index is 14.0. The predicted octanol–water partition coefficient (Wildman–Crippen LogP) is 2.54. The third kappa shape index (κ3) is 4.54. The normalized spacial score (nSPS) is 13.8. The number of nitrogens with zero attached hydrogens (tertiary/aromatic N) is 1. The SMILES string of the molecule is C#CCNS(=O)(=O)c1ccc(C(=O)N(Cc2ccccc2F)C2CC2)cc1. The molecule has 5 nitrogen and oxygen atoms in total. The van der Waals surface area contributed by atoms with Crippen LogP contribution in [0.2, 0.25) is 0 Å². The molecule has 1 fully saturated rings. The van der Waals surface area contributed by atoms with Crippen molar-refractivity contribution in [3.05, 3.63) is 65.5 Å². The summed E-state index contributed by atoms with van der Waals surface area (Å²) in [4.78, 5) is 14.6. The molecule has 0 aliphatic heterocycles. The van der Waals surface area contributed by atoms with E-state index in [-0.39, 0.29) is 35.8 Å². The first-order valence-electron chi connectivity index (χ1n) is 8.50. The Bertz CT molecular complexity index is 977. The van der Waals surface area contributed by atoms with Crippen LogP contribution in [0.15, 0.2) is 53.4 Å². The Balaban J connectivity index is 1.79. The van der Waals surface area contributed by atoms with E-state index in [1.807, 2.05) is 0 Å². The summed E-state index contributed by atoms with van der Waals surface area (Å²) in [5.41, 5.74) is 0.810. The Labute approximate surface area is 158 Å². The van der Waals surface area contributed by atoms with Crippen LogP contribution in [0.1, 0.15) is 28.8 Å². The van der Waals surface area contributed by atoms with Gasteiger partial charge in [0.1, 0.15) is 5.82 Å². The second-order valence-corrected chi connectivity index (χ2v) is 8.08. The number of carbonyl (C=O) groups is 1. The van der Waals surface area contributed by atoms with Gasteiger partial charge in [0.25, 0.3) is 5.91 Å². The van der Waals surface area contributed by atoms with Crippen LogP contribution >= 0.6 is 0 Å². The maximum atomic E-state index is 14.0. The molecule has 0 radical (unpaired) electrons. The molecule has 1 amide bonds. The van der Waals surface area contributed by atoms with Crippen LogP contribution in [-0.4, -0.2) is 31.8 Å². The molecule has 1 aliphatic carbocycles. The van der Waals surface area contributed by atoms with Crippen molar-refractivity contribution in [1.82, 2.24) is 9.62 Å². The minimum absolute atomic E-state index is 0.0291. The Morgan fingerprint density at radius 1 is 1.19 bits per heavy atom. The molecule has 0 heterocycles. The van der Waals surface area contributed by atoms with Crippen molar-refractivity contribution >= 4 is 15.9 Å². The number of hydrogen-bond donors (Lipinski definition) is 1. The molecule has 0 unspecified atom stereocenters. The van der Waals surface area contributed by atoms with E-state index < -0.39 is 10.0 Å². The highest BCUT2D eigenvalue weighted by Gasteiger charge is 2.33. The van der Waals surface area contributed by atoms with Crippen LogP contribution in [0.5, 0.6) is 0 Å². The van der Waals surface area contributed by atoms with Gasteiger partial charge in [-0.3, -0.25) is 4.79 Å². The Hall–Kier alpha value is -2.69. The lowest BCUT2D eigenvalue weighted by Crippen LogP contribution is -2.33. The van der Waals surface area contributed by atoms with Crippen LogP contribution in [0.3, 0.4) is 0 Å². The Kier molecular flexibility index (Phi) is 5.59. The van der Waals surface area contributed by atoms with E-state index in [1.165, 1.54) is 30.3 Å². The molecule has 1 N–H and O–H groups in total. The van der Waals surface area contributed by atoms with Gasteiger partial charge in [0.15, 0.2) is 0 Å². The van der Waals surface area contributed by atoms with E-state index >= 15 is 0 Å². The first kappa shape index (κ1) is 19.1. The molecular weight excluding hydrogens is 367 g/mol. The molecule has 0 aromatic heterocycles. The van der Waals surface area contributed by atoms with E-state index in [9.17, 15) is 17.6 Å². The fourth-order valence-electron chi connectivity index (χ4n) is 2.73. The smallest absolute Gasteiger partial charge is 0.254 e. The number of terminal acetylenes is 1. The maximum Gasteiger partial charge on any atom is 0.254 e. The monoisotopic (exact) mass is 386 g/mol. The van der Waals surface area contributed by atoms with Crippen molar-refractivity contribution in [1.29, 1.82) is 0 Å². The molecule has 140 valence electrons. The number of sulfonamides is 1. The average molecular weight is 386 g/mol. The lowest BCUT2D eigenvalue weighted by Gasteiger charge is -2.23. The highest BCUT2D eigenvalue weighted by atomic mass is 32.2. The molecule has 2 aromatic rings. The summed E-state index contributed by atoms with van der Waals surface area (Å²) in [6, 6.07) is 12.1. The van der Waals surface area contributed by atoms with Crippen molar-refractivity contribution in [2.24, 2.45) is 0 Å². The molecule has 0 spiro atoms. The fraction of sp³-hybridized carbons (Fsp3) is 0.250. The van der Waals surface area contributed by atoms with Gasteiger partial charge in [-0.05, 0) is 43.2 Å². The molecule has 0 saturated heterocycles. The number of halogens is 1. The zero-order valence-electron chi connectivity index (χ0n) is 14.6. The quantitative estimate of drug-likeness (QED) is 0.744. The van der Waals surface area contributed by atoms with Crippen molar-refractivity contribution in [3.63, 3.8) is 0 Å². The van der Waals surface area contributed by atoms with Crippen molar-refractivity contribution in [2.45, 2.75) is 30.3 Å². The number of amides is 1. The fourth-order valence-corrected chi connectivity index (χ4v) is 3.66. The largest absolute Gasteiger partial charge is 0.331 e. The number of hydrogen-bond acceptors (Lipinski definition) is 3. The van der Waals surface area contributed by atoms with Gasteiger partial charge < -0.3 is 4.90 Å². The summed E-state index contributed by atoms with van der Waals surface area (Å²) >= 11 is 0. The summed E-state index contributed by atoms with van der Waals surface area (Å²) in [5.74, 6) is 1.60. The summed E-state index contributed by atoms with van der Waals surface area (Å²) in [7, 11) is -3.71. The zero-order chi connectivity index (χ0) is 19.4. The Morgan fingerprint density at radius 3 is 2.44 bits per heavy atom. The van der Waals surface area contributed by atoms with Gasteiger partial charge in [0.05, 0.1) is 11.4 Å². The molecule has 0 atom stereocenters. The molecule has 3 rings (SSSR count). The Morgan fingerprint density at radius 2 is 1.85 bits per heavy atom. The van der Waals surface area contributed by atoms with Gasteiger partial charge in [-0.1, -0.05) is 24.1 Å². The standard InChI is InChI=1S/C20H19FN2O3S/c1-2-13-22-27(25,26)18-11-7-15(8-12-18)20(24)23(17-9-10-17)14-16-5-3-4-6-19(16)21/h1,3-8,11-12,17,22H,9-10,13-14H2. The predicted molar refractivity (Wildman–Crippen MR) is 99.8 cm³/mol. The highest BCUT2D eigenvalue weighted by Crippen LogP contribution is 2.30. The molecule has 1 aliphatic rings. The van der Waals surface area contributed by atoms with Crippen LogP contribution < -0.4 is 4.72 Å². The minimum Gasteiger partial charge on any atom is -0.331 e. The summed E-state index contributed by atoms with van der Waals surface area (Å²) < 4.78 is 40.3. The van der Waals surface area contributed by atoms with E-state index in [0.29, 0.717) is 11.1 Å². The molecule has 7 heteroatoms. The van der Waals surface area contributed by atoms with Gasteiger partial charge in [-0.25, -0.2) is 12.8 Å². The molecule has 0 bridgehead atoms. The summed E-state index contributed by atoms with van der Waals surface area (Å²) in [6.45, 7) is 0.0705. The summed E-state index contributed by atoms with van der Waals surface area (Å²) in [6.07, 6.45) is 6.82. The molecular formula is C20H19FN2O3S. The van der Waals surface area contributed by atoms with E-state index in [2.05, 4.69) is 10.6 Å². The number of carbonyl (C=O) groups excluding carboxylic acids is 1. The van der Waals surface area contributed by atoms with Crippen LogP contribution in [0.25, 0.3) is 0 Å². The van der Waals surface area contributed by atoms with Gasteiger partial charge >= 0.3 is 0 Å². The highest BCUT2D eigenvalue weighted by molar-refractivity contribution is 7.89. The van der Waals surface area contributed by atoms with Crippen molar-refractivity contribution in [2.75, 3.05) is 6.54 Å². The van der Waals surface area contributed by atoms with Gasteiger partial charge in [-0.15, -0.1) is 6.42 Å². The first-order chi connectivity index (χ1) is 12.9. The second kappa shape index (κ2) is 7.91. The van der Waals surface area contributed by atoms with E-state index in [4.69, 9.17) is 6.42 Å². The van der Waals surface area contributed by atoms with Crippen molar-refractivity contribution < 1.29 is 17.6 Å². The van der Waals surface area contributed by atoms with Crippen LogP contribution in [0, 0.1) is 18.2 Å². The number of rotatable bonds is 7. The zero-order valence-corrected chi connectivity index (χ0v) is 15.4. The summed E-state index contributed by atoms with van der Waals surface area (Å²) in [5, 5.41) is 0. The lowest BCUT2D eigenvalue weighted by molar-refractivity contribution is 0.0728. The van der Waals surface area contributed by atoms with Gasteiger partial charge in [-0.2, -0.15) is 4.72 Å². The molecule has 2 aromatic carbocycles. The van der Waals surface area contributed by atoms with Gasteiger partial charge in [0, 0.05) is 23.7 Å². The first-order valence-corrected chi connectivity index (χ1v) is 9.98. The number of nitrogens with one attached hydrogen (secondary N) is 1. The van der Waals surface area contributed by atoms with Crippen LogP contribution in [0.4, 0.5) is 4.39 Å². The van der Waals surface area contributed by atoms with Crippen LogP contribution in [-0.2, 0) is 16.6 Å².